The Hall–Kier alpha value is 0.200. The summed E-state index contributed by atoms with van der Waals surface area (Å²) in [6.45, 7) is 1.86. The number of halogens is 1. The second-order valence-corrected chi connectivity index (χ2v) is 4.27. The Kier molecular flexibility index (Phi) is 4.24. The summed E-state index contributed by atoms with van der Waals surface area (Å²) in [5.41, 5.74) is 0. The summed E-state index contributed by atoms with van der Waals surface area (Å²) >= 11 is 5.60. The van der Waals surface area contributed by atoms with E-state index in [1.54, 1.807) is 0 Å². The van der Waals surface area contributed by atoms with Crippen molar-refractivity contribution < 1.29 is 13.0 Å². The van der Waals surface area contributed by atoms with Crippen LogP contribution in [0, 0.1) is 0 Å². The molecule has 0 heterocycles. The molecule has 0 aliphatic carbocycles. The molecule has 0 radical (unpaired) electrons. The highest BCUT2D eigenvalue weighted by molar-refractivity contribution is 7.85. The van der Waals surface area contributed by atoms with Crippen molar-refractivity contribution in [1.82, 2.24) is 0 Å². The van der Waals surface area contributed by atoms with Crippen molar-refractivity contribution >= 4 is 21.7 Å². The molecular weight excluding hydrogens is 176 g/mol. The van der Waals surface area contributed by atoms with Crippen molar-refractivity contribution in [3.63, 3.8) is 0 Å². The second-order valence-electron chi connectivity index (χ2n) is 2.08. The maximum atomic E-state index is 10.1. The molecule has 0 bridgehead atoms. The molecule has 0 aromatic carbocycles. The molecule has 1 atom stereocenters. The average molecular weight is 187 g/mol. The van der Waals surface area contributed by atoms with Gasteiger partial charge in [-0.25, -0.2) is 0 Å². The maximum absolute atomic E-state index is 10.1. The van der Waals surface area contributed by atoms with Gasteiger partial charge in [-0.05, 0) is 12.8 Å². The standard InChI is InChI=1S/C5H11ClO3S/c1-2-5(6)3-4-10(7,8)9/h5H,2-4H2,1H3,(H,7,8,9). The lowest BCUT2D eigenvalue weighted by atomic mass is 10.3. The van der Waals surface area contributed by atoms with Gasteiger partial charge >= 0.3 is 0 Å². The maximum Gasteiger partial charge on any atom is 0.264 e. The smallest absolute Gasteiger partial charge is 0.264 e. The van der Waals surface area contributed by atoms with E-state index >= 15 is 0 Å². The van der Waals surface area contributed by atoms with Crippen molar-refractivity contribution in [2.24, 2.45) is 0 Å². The van der Waals surface area contributed by atoms with Crippen LogP contribution in [0.25, 0.3) is 0 Å². The van der Waals surface area contributed by atoms with Gasteiger partial charge < -0.3 is 0 Å². The zero-order valence-electron chi connectivity index (χ0n) is 5.75. The first-order chi connectivity index (χ1) is 4.45. The fourth-order valence-corrected chi connectivity index (χ4v) is 1.30. The monoisotopic (exact) mass is 186 g/mol. The Labute approximate surface area is 66.1 Å². The minimum Gasteiger partial charge on any atom is -0.286 e. The quantitative estimate of drug-likeness (QED) is 0.532. The molecule has 1 N–H and O–H groups in total. The van der Waals surface area contributed by atoms with Gasteiger partial charge in [0.05, 0.1) is 5.75 Å². The molecule has 1 unspecified atom stereocenters. The lowest BCUT2D eigenvalue weighted by molar-refractivity contribution is 0.480. The van der Waals surface area contributed by atoms with Gasteiger partial charge in [0, 0.05) is 5.38 Å². The highest BCUT2D eigenvalue weighted by Gasteiger charge is 2.08. The van der Waals surface area contributed by atoms with E-state index in [-0.39, 0.29) is 11.1 Å². The van der Waals surface area contributed by atoms with E-state index < -0.39 is 10.1 Å². The van der Waals surface area contributed by atoms with Gasteiger partial charge in [-0.2, -0.15) is 8.42 Å². The molecule has 0 saturated heterocycles. The van der Waals surface area contributed by atoms with Crippen LogP contribution in [0.1, 0.15) is 19.8 Å². The molecule has 3 nitrogen and oxygen atoms in total. The van der Waals surface area contributed by atoms with Crippen LogP contribution in [-0.2, 0) is 10.1 Å². The molecule has 0 aromatic rings. The lowest BCUT2D eigenvalue weighted by Gasteiger charge is -2.02. The second kappa shape index (κ2) is 4.16. The van der Waals surface area contributed by atoms with Gasteiger partial charge in [-0.3, -0.25) is 4.55 Å². The molecule has 10 heavy (non-hydrogen) atoms. The summed E-state index contributed by atoms with van der Waals surface area (Å²) in [6.07, 6.45) is 1.04. The SMILES string of the molecule is CCC(Cl)CCS(=O)(=O)O. The summed E-state index contributed by atoms with van der Waals surface area (Å²) in [4.78, 5) is 0. The van der Waals surface area contributed by atoms with Gasteiger partial charge in [0.1, 0.15) is 0 Å². The zero-order chi connectivity index (χ0) is 8.20. The average Bonchev–Trinajstić information content (AvgIpc) is 1.81. The van der Waals surface area contributed by atoms with Crippen molar-refractivity contribution in [1.29, 1.82) is 0 Å². The Morgan fingerprint density at radius 1 is 1.60 bits per heavy atom. The Bertz CT molecular complexity index is 175. The Morgan fingerprint density at radius 2 is 2.10 bits per heavy atom. The fraction of sp³-hybridized carbons (Fsp3) is 1.00. The van der Waals surface area contributed by atoms with Crippen LogP contribution in [0.2, 0.25) is 0 Å². The Balaban J connectivity index is 3.56. The summed E-state index contributed by atoms with van der Waals surface area (Å²) < 4.78 is 28.6. The third-order valence-corrected chi connectivity index (χ3v) is 2.41. The van der Waals surface area contributed by atoms with Crippen molar-refractivity contribution in [3.05, 3.63) is 0 Å². The number of rotatable bonds is 4. The van der Waals surface area contributed by atoms with Gasteiger partial charge in [-0.1, -0.05) is 6.92 Å². The molecule has 62 valence electrons. The Morgan fingerprint density at radius 3 is 2.40 bits per heavy atom. The topological polar surface area (TPSA) is 54.4 Å². The number of alkyl halides is 1. The predicted octanol–water partition coefficient (Wildman–Crippen LogP) is 1.28. The van der Waals surface area contributed by atoms with E-state index in [0.717, 1.165) is 6.42 Å². The lowest BCUT2D eigenvalue weighted by Crippen LogP contribution is -2.09. The van der Waals surface area contributed by atoms with Crippen LogP contribution in [0.3, 0.4) is 0 Å². The summed E-state index contributed by atoms with van der Waals surface area (Å²) in [5, 5.41) is -0.151. The van der Waals surface area contributed by atoms with Crippen molar-refractivity contribution in [2.45, 2.75) is 25.1 Å². The predicted molar refractivity (Wildman–Crippen MR) is 41.0 cm³/mol. The van der Waals surface area contributed by atoms with Gasteiger partial charge in [0.15, 0.2) is 0 Å². The normalized spacial score (nSPS) is 15.1. The molecule has 0 fully saturated rings. The molecule has 0 rings (SSSR count). The van der Waals surface area contributed by atoms with Crippen molar-refractivity contribution in [2.75, 3.05) is 5.75 Å². The van der Waals surface area contributed by atoms with E-state index in [1.165, 1.54) is 0 Å². The highest BCUT2D eigenvalue weighted by atomic mass is 35.5. The molecule has 5 heteroatoms. The van der Waals surface area contributed by atoms with E-state index in [1.807, 2.05) is 6.92 Å². The van der Waals surface area contributed by atoms with E-state index in [9.17, 15) is 8.42 Å². The molecule has 0 aromatic heterocycles. The first-order valence-electron chi connectivity index (χ1n) is 3.05. The van der Waals surface area contributed by atoms with Crippen LogP contribution in [0.4, 0.5) is 0 Å². The first kappa shape index (κ1) is 10.2. The van der Waals surface area contributed by atoms with Crippen LogP contribution in [0.15, 0.2) is 0 Å². The van der Waals surface area contributed by atoms with Gasteiger partial charge in [-0.15, -0.1) is 11.6 Å². The minimum atomic E-state index is -3.81. The van der Waals surface area contributed by atoms with Crippen LogP contribution in [0.5, 0.6) is 0 Å². The van der Waals surface area contributed by atoms with Gasteiger partial charge in [0.2, 0.25) is 0 Å². The van der Waals surface area contributed by atoms with Crippen molar-refractivity contribution in [3.8, 4) is 0 Å². The molecule has 0 saturated carbocycles. The zero-order valence-corrected chi connectivity index (χ0v) is 7.32. The molecule has 0 spiro atoms. The van der Waals surface area contributed by atoms with Crippen LogP contribution < -0.4 is 0 Å². The number of hydrogen-bond donors (Lipinski definition) is 1. The van der Waals surface area contributed by atoms with E-state index in [4.69, 9.17) is 16.2 Å². The van der Waals surface area contributed by atoms with E-state index in [0.29, 0.717) is 6.42 Å². The highest BCUT2D eigenvalue weighted by Crippen LogP contribution is 2.06. The van der Waals surface area contributed by atoms with E-state index in [2.05, 4.69) is 0 Å². The molecule has 0 aliphatic rings. The molecular formula is C5H11ClO3S. The third-order valence-electron chi connectivity index (χ3n) is 1.13. The summed E-state index contributed by atoms with van der Waals surface area (Å²) in [5.74, 6) is -0.241. The third kappa shape index (κ3) is 6.32. The molecule has 0 aliphatic heterocycles. The largest absolute Gasteiger partial charge is 0.286 e. The summed E-state index contributed by atoms with van der Waals surface area (Å²) in [6, 6.07) is 0. The minimum absolute atomic E-state index is 0.151. The number of hydrogen-bond acceptors (Lipinski definition) is 2. The molecule has 0 amide bonds. The van der Waals surface area contributed by atoms with Gasteiger partial charge in [0.25, 0.3) is 10.1 Å². The first-order valence-corrected chi connectivity index (χ1v) is 5.09. The summed E-state index contributed by atoms with van der Waals surface area (Å²) in [7, 11) is -3.81. The fourth-order valence-electron chi connectivity index (χ4n) is 0.481. The van der Waals surface area contributed by atoms with Crippen LogP contribution >= 0.6 is 11.6 Å². The van der Waals surface area contributed by atoms with Crippen LogP contribution in [-0.4, -0.2) is 24.1 Å².